The lowest BCUT2D eigenvalue weighted by molar-refractivity contribution is -0.141. The summed E-state index contributed by atoms with van der Waals surface area (Å²) in [7, 11) is 2.05. The van der Waals surface area contributed by atoms with Gasteiger partial charge in [-0.3, -0.25) is 0 Å². The first-order valence-electron chi connectivity index (χ1n) is 9.77. The Bertz CT molecular complexity index is 681. The standard InChI is InChI=1S/C19H28F3N5O/c1-13-11-16(12-17(23-13)19(20,21)22)24-14-3-5-15(6-4-14)25-18(28)27-9-7-26(2)8-10-27/h11-12,14-15H,3-10H2,1-2H3,(H,23,24)(H,25,28)/t14-,15+. The van der Waals surface area contributed by atoms with Crippen molar-refractivity contribution >= 4 is 11.7 Å². The highest BCUT2D eigenvalue weighted by molar-refractivity contribution is 5.74. The fourth-order valence-corrected chi connectivity index (χ4v) is 3.79. The van der Waals surface area contributed by atoms with E-state index < -0.39 is 11.9 Å². The molecule has 3 rings (SSSR count). The third-order valence-corrected chi connectivity index (χ3v) is 5.46. The van der Waals surface area contributed by atoms with Gasteiger partial charge in [-0.05, 0) is 51.8 Å². The second-order valence-electron chi connectivity index (χ2n) is 7.81. The number of alkyl halides is 3. The van der Waals surface area contributed by atoms with E-state index in [2.05, 4.69) is 20.5 Å². The summed E-state index contributed by atoms with van der Waals surface area (Å²) < 4.78 is 38.8. The molecule has 1 saturated carbocycles. The van der Waals surface area contributed by atoms with Crippen LogP contribution in [0.5, 0.6) is 0 Å². The van der Waals surface area contributed by atoms with Crippen LogP contribution < -0.4 is 10.6 Å². The Morgan fingerprint density at radius 2 is 1.68 bits per heavy atom. The summed E-state index contributed by atoms with van der Waals surface area (Å²) >= 11 is 0. The number of rotatable bonds is 3. The predicted molar refractivity (Wildman–Crippen MR) is 101 cm³/mol. The van der Waals surface area contributed by atoms with E-state index in [0.717, 1.165) is 57.9 Å². The van der Waals surface area contributed by atoms with E-state index in [0.29, 0.717) is 11.4 Å². The van der Waals surface area contributed by atoms with Gasteiger partial charge in [-0.15, -0.1) is 0 Å². The molecule has 2 aliphatic rings. The lowest BCUT2D eigenvalue weighted by atomic mass is 9.91. The van der Waals surface area contributed by atoms with Gasteiger partial charge >= 0.3 is 12.2 Å². The highest BCUT2D eigenvalue weighted by Crippen LogP contribution is 2.31. The molecule has 2 amide bonds. The summed E-state index contributed by atoms with van der Waals surface area (Å²) in [4.78, 5) is 20.0. The molecule has 2 heterocycles. The van der Waals surface area contributed by atoms with Gasteiger partial charge in [0.05, 0.1) is 0 Å². The van der Waals surface area contributed by atoms with Gasteiger partial charge in [0.2, 0.25) is 0 Å². The maximum absolute atomic E-state index is 12.9. The van der Waals surface area contributed by atoms with Crippen LogP contribution in [0.15, 0.2) is 12.1 Å². The average Bonchev–Trinajstić information content (AvgIpc) is 2.62. The highest BCUT2D eigenvalue weighted by atomic mass is 19.4. The summed E-state index contributed by atoms with van der Waals surface area (Å²) in [5.74, 6) is 0. The largest absolute Gasteiger partial charge is 0.433 e. The number of piperazine rings is 1. The number of aromatic nitrogens is 1. The molecular formula is C19H28F3N5O. The zero-order valence-corrected chi connectivity index (χ0v) is 16.4. The zero-order valence-electron chi connectivity index (χ0n) is 16.4. The van der Waals surface area contributed by atoms with Crippen molar-refractivity contribution in [3.8, 4) is 0 Å². The number of carbonyl (C=O) groups excluding carboxylic acids is 1. The molecular weight excluding hydrogens is 371 g/mol. The lowest BCUT2D eigenvalue weighted by Gasteiger charge is -2.35. The van der Waals surface area contributed by atoms with Crippen LogP contribution in [-0.4, -0.2) is 66.1 Å². The van der Waals surface area contributed by atoms with Crippen LogP contribution in [0.1, 0.15) is 37.1 Å². The topological polar surface area (TPSA) is 60.5 Å². The molecule has 0 spiro atoms. The van der Waals surface area contributed by atoms with Crippen LogP contribution in [0.25, 0.3) is 0 Å². The first-order chi connectivity index (χ1) is 13.2. The van der Waals surface area contributed by atoms with E-state index >= 15 is 0 Å². The van der Waals surface area contributed by atoms with Gasteiger partial charge in [0.25, 0.3) is 0 Å². The van der Waals surface area contributed by atoms with E-state index in [4.69, 9.17) is 0 Å². The molecule has 0 bridgehead atoms. The second kappa shape index (κ2) is 8.55. The molecule has 156 valence electrons. The number of hydrogen-bond acceptors (Lipinski definition) is 4. The molecule has 6 nitrogen and oxygen atoms in total. The molecule has 2 fully saturated rings. The van der Waals surface area contributed by atoms with Gasteiger partial charge in [-0.1, -0.05) is 0 Å². The molecule has 9 heteroatoms. The van der Waals surface area contributed by atoms with Crippen LogP contribution in [0.4, 0.5) is 23.7 Å². The highest BCUT2D eigenvalue weighted by Gasteiger charge is 2.33. The van der Waals surface area contributed by atoms with Crippen LogP contribution in [0, 0.1) is 6.92 Å². The van der Waals surface area contributed by atoms with E-state index in [1.807, 2.05) is 11.9 Å². The number of amides is 2. The molecule has 0 aromatic carbocycles. The average molecular weight is 399 g/mol. The summed E-state index contributed by atoms with van der Waals surface area (Å²) in [6.45, 7) is 4.81. The Kier molecular flexibility index (Phi) is 6.32. The van der Waals surface area contributed by atoms with Crippen molar-refractivity contribution in [2.45, 2.75) is 50.9 Å². The first kappa shape index (κ1) is 20.7. The molecule has 1 aromatic heterocycles. The van der Waals surface area contributed by atoms with Gasteiger partial charge in [0, 0.05) is 49.6 Å². The lowest BCUT2D eigenvalue weighted by Crippen LogP contribution is -2.53. The SMILES string of the molecule is Cc1cc(N[C@H]2CC[C@@H](NC(=O)N3CCN(C)CC3)CC2)cc(C(F)(F)F)n1. The van der Waals surface area contributed by atoms with Gasteiger partial charge in [-0.25, -0.2) is 9.78 Å². The maximum Gasteiger partial charge on any atom is 0.433 e. The molecule has 28 heavy (non-hydrogen) atoms. The van der Waals surface area contributed by atoms with Crippen LogP contribution in [-0.2, 0) is 6.18 Å². The van der Waals surface area contributed by atoms with Gasteiger partial charge in [0.15, 0.2) is 0 Å². The molecule has 0 atom stereocenters. The predicted octanol–water partition coefficient (Wildman–Crippen LogP) is 3.09. The number of likely N-dealkylation sites (N-methyl/N-ethyl adjacent to an activating group) is 1. The van der Waals surface area contributed by atoms with Gasteiger partial charge in [-0.2, -0.15) is 13.2 Å². The second-order valence-corrected chi connectivity index (χ2v) is 7.81. The minimum absolute atomic E-state index is 0.0101. The van der Waals surface area contributed by atoms with Crippen molar-refractivity contribution in [2.75, 3.05) is 38.5 Å². The Morgan fingerprint density at radius 3 is 2.29 bits per heavy atom. The number of pyridine rings is 1. The van der Waals surface area contributed by atoms with Gasteiger partial charge in [0.1, 0.15) is 5.69 Å². The van der Waals surface area contributed by atoms with Crippen molar-refractivity contribution in [1.82, 2.24) is 20.1 Å². The van der Waals surface area contributed by atoms with E-state index in [1.54, 1.807) is 13.0 Å². The smallest absolute Gasteiger partial charge is 0.382 e. The van der Waals surface area contributed by atoms with Crippen LogP contribution in [0.2, 0.25) is 0 Å². The Morgan fingerprint density at radius 1 is 1.07 bits per heavy atom. The Balaban J connectivity index is 1.48. The summed E-state index contributed by atoms with van der Waals surface area (Å²) in [5.41, 5.74) is -0.0849. The van der Waals surface area contributed by atoms with E-state index in [-0.39, 0.29) is 18.1 Å². The summed E-state index contributed by atoms with van der Waals surface area (Å²) in [6, 6.07) is 2.91. The first-order valence-corrected chi connectivity index (χ1v) is 9.77. The normalized spacial score (nSPS) is 24.1. The van der Waals surface area contributed by atoms with Crippen LogP contribution >= 0.6 is 0 Å². The van der Waals surface area contributed by atoms with Gasteiger partial charge < -0.3 is 20.4 Å². The monoisotopic (exact) mass is 399 g/mol. The summed E-state index contributed by atoms with van der Waals surface area (Å²) in [5, 5.41) is 6.32. The van der Waals surface area contributed by atoms with Crippen molar-refractivity contribution in [1.29, 1.82) is 0 Å². The van der Waals surface area contributed by atoms with Crippen molar-refractivity contribution < 1.29 is 18.0 Å². The number of nitrogens with one attached hydrogen (secondary N) is 2. The number of nitrogens with zero attached hydrogens (tertiary/aromatic N) is 3. The number of halogens is 3. The molecule has 1 aliphatic heterocycles. The molecule has 0 radical (unpaired) electrons. The zero-order chi connectivity index (χ0) is 20.3. The van der Waals surface area contributed by atoms with Crippen molar-refractivity contribution in [2.24, 2.45) is 0 Å². The molecule has 2 N–H and O–H groups in total. The van der Waals surface area contributed by atoms with Crippen molar-refractivity contribution in [3.63, 3.8) is 0 Å². The molecule has 1 aliphatic carbocycles. The Hall–Kier alpha value is -2.03. The molecule has 0 unspecified atom stereocenters. The summed E-state index contributed by atoms with van der Waals surface area (Å²) in [6.07, 6.45) is -1.22. The van der Waals surface area contributed by atoms with Crippen molar-refractivity contribution in [3.05, 3.63) is 23.5 Å². The number of anilines is 1. The molecule has 1 saturated heterocycles. The minimum atomic E-state index is -4.45. The van der Waals surface area contributed by atoms with Crippen LogP contribution in [0.3, 0.4) is 0 Å². The fraction of sp³-hybridized carbons (Fsp3) is 0.684. The fourth-order valence-electron chi connectivity index (χ4n) is 3.79. The van der Waals surface area contributed by atoms with E-state index in [1.165, 1.54) is 0 Å². The maximum atomic E-state index is 12.9. The number of urea groups is 1. The quantitative estimate of drug-likeness (QED) is 0.820. The van der Waals surface area contributed by atoms with E-state index in [9.17, 15) is 18.0 Å². The third-order valence-electron chi connectivity index (χ3n) is 5.46. The Labute approximate surface area is 163 Å². The number of carbonyl (C=O) groups is 1. The number of hydrogen-bond donors (Lipinski definition) is 2. The minimum Gasteiger partial charge on any atom is -0.382 e. The molecule has 1 aromatic rings. The number of aryl methyl sites for hydroxylation is 1. The third kappa shape index (κ3) is 5.50.